The van der Waals surface area contributed by atoms with Crippen molar-refractivity contribution >= 4 is 5.91 Å². The molecule has 0 fully saturated rings. The number of rotatable bonds is 0. The predicted molar refractivity (Wildman–Crippen MR) is 53.7 cm³/mol. The van der Waals surface area contributed by atoms with Gasteiger partial charge in [-0.1, -0.05) is 30.3 Å². The van der Waals surface area contributed by atoms with E-state index in [1.807, 2.05) is 12.1 Å². The van der Waals surface area contributed by atoms with E-state index in [4.69, 9.17) is 0 Å². The van der Waals surface area contributed by atoms with Crippen LogP contribution in [0.15, 0.2) is 36.4 Å². The summed E-state index contributed by atoms with van der Waals surface area (Å²) in [6, 6.07) is 8.56. The lowest BCUT2D eigenvalue weighted by atomic mass is 9.97. The topological polar surface area (TPSA) is 29.1 Å². The highest BCUT2D eigenvalue weighted by Gasteiger charge is 2.33. The molecule has 2 aliphatic rings. The number of nitrogens with one attached hydrogen (secondary N) is 1. The van der Waals surface area contributed by atoms with Crippen molar-refractivity contribution in [3.05, 3.63) is 47.5 Å². The molecule has 1 aliphatic carbocycles. The summed E-state index contributed by atoms with van der Waals surface area (Å²) in [7, 11) is 0. The average Bonchev–Trinajstić information content (AvgIpc) is 2.56. The summed E-state index contributed by atoms with van der Waals surface area (Å²) in [5.74, 6) is 0.494. The summed E-state index contributed by atoms with van der Waals surface area (Å²) in [6.45, 7) is 0. The highest BCUT2D eigenvalue weighted by Crippen LogP contribution is 2.37. The van der Waals surface area contributed by atoms with Crippen LogP contribution in [0.4, 0.5) is 0 Å². The lowest BCUT2D eigenvalue weighted by Crippen LogP contribution is -2.32. The van der Waals surface area contributed by atoms with Crippen LogP contribution in [0, 0.1) is 5.92 Å². The minimum atomic E-state index is 0.0305. The number of carbonyl (C=O) groups excluding carboxylic acids is 1. The standard InChI is InChI=1S/C12H11NO/c14-11-6-5-9-7-8-3-1-2-4-10(8)12(9)13-11/h1-6,9,12H,7H2,(H,13,14). The van der Waals surface area contributed by atoms with Gasteiger partial charge in [0.25, 0.3) is 0 Å². The number of fused-ring (bicyclic) bond motifs is 3. The van der Waals surface area contributed by atoms with Gasteiger partial charge < -0.3 is 5.32 Å². The molecule has 3 rings (SSSR count). The van der Waals surface area contributed by atoms with Gasteiger partial charge in [0.15, 0.2) is 0 Å². The van der Waals surface area contributed by atoms with Gasteiger partial charge >= 0.3 is 0 Å². The maximum atomic E-state index is 11.2. The third kappa shape index (κ3) is 1.00. The predicted octanol–water partition coefficient (Wildman–Crippen LogP) is 1.59. The molecule has 0 aromatic heterocycles. The van der Waals surface area contributed by atoms with Crippen LogP contribution in [0.1, 0.15) is 17.2 Å². The SMILES string of the molecule is O=C1C=CC2Cc3ccccc3C2N1. The minimum Gasteiger partial charge on any atom is -0.345 e. The Morgan fingerprint density at radius 2 is 2.14 bits per heavy atom. The fourth-order valence-electron chi connectivity index (χ4n) is 2.40. The van der Waals surface area contributed by atoms with Crippen molar-refractivity contribution in [2.75, 3.05) is 0 Å². The van der Waals surface area contributed by atoms with Crippen molar-refractivity contribution in [1.29, 1.82) is 0 Å². The van der Waals surface area contributed by atoms with Crippen molar-refractivity contribution in [1.82, 2.24) is 5.32 Å². The number of hydrogen-bond donors (Lipinski definition) is 1. The summed E-state index contributed by atoms with van der Waals surface area (Å²) in [5.41, 5.74) is 2.66. The Kier molecular flexibility index (Phi) is 1.51. The molecule has 0 radical (unpaired) electrons. The van der Waals surface area contributed by atoms with Crippen LogP contribution in [0.2, 0.25) is 0 Å². The molecule has 2 atom stereocenters. The van der Waals surface area contributed by atoms with Crippen LogP contribution in [-0.2, 0) is 11.2 Å². The molecule has 1 heterocycles. The summed E-state index contributed by atoms with van der Waals surface area (Å²) in [4.78, 5) is 11.2. The maximum absolute atomic E-state index is 11.2. The number of benzene rings is 1. The van der Waals surface area contributed by atoms with Gasteiger partial charge in [-0.15, -0.1) is 0 Å². The van der Waals surface area contributed by atoms with Crippen molar-refractivity contribution in [3.8, 4) is 0 Å². The molecule has 1 N–H and O–H groups in total. The van der Waals surface area contributed by atoms with Crippen LogP contribution in [0.3, 0.4) is 0 Å². The molecule has 0 saturated heterocycles. The van der Waals surface area contributed by atoms with Crippen molar-refractivity contribution in [2.24, 2.45) is 5.92 Å². The van der Waals surface area contributed by atoms with E-state index in [1.165, 1.54) is 11.1 Å². The molecular weight excluding hydrogens is 174 g/mol. The van der Waals surface area contributed by atoms with Crippen LogP contribution in [0.5, 0.6) is 0 Å². The van der Waals surface area contributed by atoms with Crippen molar-refractivity contribution < 1.29 is 4.79 Å². The second kappa shape index (κ2) is 2.71. The molecule has 1 aromatic carbocycles. The van der Waals surface area contributed by atoms with Gasteiger partial charge in [0.1, 0.15) is 0 Å². The molecular formula is C12H11NO. The molecule has 1 amide bonds. The fraction of sp³-hybridized carbons (Fsp3) is 0.250. The Hall–Kier alpha value is -1.57. The summed E-state index contributed by atoms with van der Waals surface area (Å²) in [5, 5.41) is 3.01. The molecule has 0 saturated carbocycles. The quantitative estimate of drug-likeness (QED) is 0.653. The van der Waals surface area contributed by atoms with E-state index >= 15 is 0 Å². The first-order valence-corrected chi connectivity index (χ1v) is 4.91. The Bertz CT molecular complexity index is 422. The molecule has 0 bridgehead atoms. The van der Waals surface area contributed by atoms with Gasteiger partial charge in [-0.05, 0) is 23.6 Å². The smallest absolute Gasteiger partial charge is 0.244 e. The van der Waals surface area contributed by atoms with Gasteiger partial charge in [-0.3, -0.25) is 4.79 Å². The maximum Gasteiger partial charge on any atom is 0.244 e. The van der Waals surface area contributed by atoms with E-state index in [1.54, 1.807) is 6.08 Å². The molecule has 2 unspecified atom stereocenters. The lowest BCUT2D eigenvalue weighted by molar-refractivity contribution is -0.117. The van der Waals surface area contributed by atoms with Crippen molar-refractivity contribution in [3.63, 3.8) is 0 Å². The average molecular weight is 185 g/mol. The number of carbonyl (C=O) groups is 1. The Morgan fingerprint density at radius 1 is 1.29 bits per heavy atom. The van der Waals surface area contributed by atoms with Crippen LogP contribution < -0.4 is 5.32 Å². The van der Waals surface area contributed by atoms with Gasteiger partial charge in [0.05, 0.1) is 6.04 Å². The second-order valence-corrected chi connectivity index (χ2v) is 3.91. The van der Waals surface area contributed by atoms with E-state index in [-0.39, 0.29) is 11.9 Å². The van der Waals surface area contributed by atoms with Gasteiger partial charge in [-0.25, -0.2) is 0 Å². The van der Waals surface area contributed by atoms with Crippen LogP contribution in [0.25, 0.3) is 0 Å². The third-order valence-corrected chi connectivity index (χ3v) is 3.07. The Balaban J connectivity index is 2.07. The van der Waals surface area contributed by atoms with E-state index in [0.717, 1.165) is 6.42 Å². The van der Waals surface area contributed by atoms with Gasteiger partial charge in [-0.2, -0.15) is 0 Å². The van der Waals surface area contributed by atoms with E-state index < -0.39 is 0 Å². The van der Waals surface area contributed by atoms with Crippen molar-refractivity contribution in [2.45, 2.75) is 12.5 Å². The van der Waals surface area contributed by atoms with E-state index in [2.05, 4.69) is 23.5 Å². The zero-order valence-electron chi connectivity index (χ0n) is 7.73. The summed E-state index contributed by atoms with van der Waals surface area (Å²) < 4.78 is 0. The molecule has 2 heteroatoms. The Labute approximate surface area is 82.6 Å². The summed E-state index contributed by atoms with van der Waals surface area (Å²) in [6.07, 6.45) is 4.73. The van der Waals surface area contributed by atoms with Crippen LogP contribution in [-0.4, -0.2) is 5.91 Å². The second-order valence-electron chi connectivity index (χ2n) is 3.91. The molecule has 0 spiro atoms. The molecule has 70 valence electrons. The first-order valence-electron chi connectivity index (χ1n) is 4.91. The number of amides is 1. The first kappa shape index (κ1) is 7.80. The zero-order chi connectivity index (χ0) is 9.54. The first-order chi connectivity index (χ1) is 6.84. The molecule has 2 nitrogen and oxygen atoms in total. The van der Waals surface area contributed by atoms with E-state index in [0.29, 0.717) is 5.92 Å². The van der Waals surface area contributed by atoms with Gasteiger partial charge in [0.2, 0.25) is 5.91 Å². The zero-order valence-corrected chi connectivity index (χ0v) is 7.73. The normalized spacial score (nSPS) is 28.1. The highest BCUT2D eigenvalue weighted by molar-refractivity contribution is 5.89. The van der Waals surface area contributed by atoms with Crippen LogP contribution >= 0.6 is 0 Å². The summed E-state index contributed by atoms with van der Waals surface area (Å²) >= 11 is 0. The third-order valence-electron chi connectivity index (χ3n) is 3.07. The van der Waals surface area contributed by atoms with E-state index in [9.17, 15) is 4.79 Å². The molecule has 1 aromatic rings. The molecule has 1 aliphatic heterocycles. The fourth-order valence-corrected chi connectivity index (χ4v) is 2.40. The lowest BCUT2D eigenvalue weighted by Gasteiger charge is -2.22. The highest BCUT2D eigenvalue weighted by atomic mass is 16.1. The Morgan fingerprint density at radius 3 is 3.07 bits per heavy atom. The monoisotopic (exact) mass is 185 g/mol. The van der Waals surface area contributed by atoms with Gasteiger partial charge in [0, 0.05) is 5.92 Å². The largest absolute Gasteiger partial charge is 0.345 e. The molecule has 14 heavy (non-hydrogen) atoms. The minimum absolute atomic E-state index is 0.0305. The number of hydrogen-bond acceptors (Lipinski definition) is 1.